The zero-order valence-electron chi connectivity index (χ0n) is 10.7. The highest BCUT2D eigenvalue weighted by molar-refractivity contribution is 5.29. The first kappa shape index (κ1) is 13.2. The predicted octanol–water partition coefficient (Wildman–Crippen LogP) is 2.19. The van der Waals surface area contributed by atoms with Crippen LogP contribution >= 0.6 is 0 Å². The number of nitrogens with two attached hydrogens (primary N) is 1. The largest absolute Gasteiger partial charge is 0.388 e. The van der Waals surface area contributed by atoms with Crippen molar-refractivity contribution < 1.29 is 5.11 Å². The van der Waals surface area contributed by atoms with Crippen molar-refractivity contribution in [1.29, 1.82) is 0 Å². The van der Waals surface area contributed by atoms with E-state index in [1.165, 1.54) is 16.7 Å². The first-order valence-corrected chi connectivity index (χ1v) is 5.87. The van der Waals surface area contributed by atoms with Gasteiger partial charge in [-0.3, -0.25) is 0 Å². The van der Waals surface area contributed by atoms with Gasteiger partial charge in [-0.15, -0.1) is 0 Å². The quantitative estimate of drug-likeness (QED) is 0.818. The van der Waals surface area contributed by atoms with Crippen molar-refractivity contribution in [2.24, 2.45) is 11.7 Å². The monoisotopic (exact) mass is 221 g/mol. The summed E-state index contributed by atoms with van der Waals surface area (Å²) >= 11 is 0. The van der Waals surface area contributed by atoms with Gasteiger partial charge >= 0.3 is 0 Å². The fourth-order valence-electron chi connectivity index (χ4n) is 2.04. The van der Waals surface area contributed by atoms with Gasteiger partial charge < -0.3 is 10.8 Å². The summed E-state index contributed by atoms with van der Waals surface area (Å²) in [5.74, 6) is 0.165. The molecule has 0 aliphatic rings. The van der Waals surface area contributed by atoms with Gasteiger partial charge in [0.1, 0.15) is 0 Å². The minimum Gasteiger partial charge on any atom is -0.388 e. The maximum atomic E-state index is 10.4. The van der Waals surface area contributed by atoms with Crippen LogP contribution in [0.1, 0.15) is 30.5 Å². The van der Waals surface area contributed by atoms with Crippen molar-refractivity contribution in [1.82, 2.24) is 0 Å². The SMILES string of the molecule is Cc1cc(C)cc(CC(O)(CN)C(C)C)c1. The summed E-state index contributed by atoms with van der Waals surface area (Å²) < 4.78 is 0. The van der Waals surface area contributed by atoms with E-state index in [4.69, 9.17) is 5.73 Å². The molecule has 0 aliphatic heterocycles. The van der Waals surface area contributed by atoms with Gasteiger partial charge in [-0.2, -0.15) is 0 Å². The molecule has 2 nitrogen and oxygen atoms in total. The summed E-state index contributed by atoms with van der Waals surface area (Å²) in [5, 5.41) is 10.4. The Morgan fingerprint density at radius 2 is 1.69 bits per heavy atom. The molecule has 16 heavy (non-hydrogen) atoms. The minimum atomic E-state index is -0.791. The smallest absolute Gasteiger partial charge is 0.0832 e. The Labute approximate surface area is 98.5 Å². The lowest BCUT2D eigenvalue weighted by Gasteiger charge is -2.31. The van der Waals surface area contributed by atoms with Crippen molar-refractivity contribution in [2.45, 2.75) is 39.7 Å². The third-order valence-electron chi connectivity index (χ3n) is 3.22. The van der Waals surface area contributed by atoms with Crippen LogP contribution in [0.5, 0.6) is 0 Å². The van der Waals surface area contributed by atoms with Crippen LogP contribution in [0.4, 0.5) is 0 Å². The van der Waals surface area contributed by atoms with Gasteiger partial charge in [0.15, 0.2) is 0 Å². The standard InChI is InChI=1S/C14H23NO/c1-10(2)14(16,9-15)8-13-6-11(3)5-12(4)7-13/h5-7,10,16H,8-9,15H2,1-4H3. The van der Waals surface area contributed by atoms with Gasteiger partial charge in [0.2, 0.25) is 0 Å². The Balaban J connectivity index is 2.94. The molecule has 0 saturated carbocycles. The van der Waals surface area contributed by atoms with Crippen LogP contribution < -0.4 is 5.73 Å². The van der Waals surface area contributed by atoms with Crippen LogP contribution in [-0.2, 0) is 6.42 Å². The lowest BCUT2D eigenvalue weighted by molar-refractivity contribution is 0.00406. The molecular weight excluding hydrogens is 198 g/mol. The first-order valence-electron chi connectivity index (χ1n) is 5.87. The van der Waals surface area contributed by atoms with E-state index in [9.17, 15) is 5.11 Å². The molecule has 0 fully saturated rings. The highest BCUT2D eigenvalue weighted by Gasteiger charge is 2.29. The Morgan fingerprint density at radius 3 is 2.06 bits per heavy atom. The molecule has 0 spiro atoms. The summed E-state index contributed by atoms with van der Waals surface area (Å²) in [6, 6.07) is 6.38. The molecule has 0 amide bonds. The van der Waals surface area contributed by atoms with Crippen LogP contribution in [0.15, 0.2) is 18.2 Å². The summed E-state index contributed by atoms with van der Waals surface area (Å²) in [6.45, 7) is 8.48. The van der Waals surface area contributed by atoms with E-state index >= 15 is 0 Å². The van der Waals surface area contributed by atoms with Crippen molar-refractivity contribution >= 4 is 0 Å². The molecule has 0 radical (unpaired) electrons. The van der Waals surface area contributed by atoms with E-state index in [0.29, 0.717) is 13.0 Å². The summed E-state index contributed by atoms with van der Waals surface area (Å²) in [5.41, 5.74) is 8.53. The number of aryl methyl sites for hydroxylation is 2. The van der Waals surface area contributed by atoms with Crippen LogP contribution in [-0.4, -0.2) is 17.3 Å². The predicted molar refractivity (Wildman–Crippen MR) is 68.5 cm³/mol. The molecule has 1 aromatic carbocycles. The molecule has 1 atom stereocenters. The third kappa shape index (κ3) is 3.06. The second kappa shape index (κ2) is 4.98. The molecule has 0 heterocycles. The molecular formula is C14H23NO. The topological polar surface area (TPSA) is 46.2 Å². The number of rotatable bonds is 4. The minimum absolute atomic E-state index is 0.165. The Kier molecular flexibility index (Phi) is 4.11. The fourth-order valence-corrected chi connectivity index (χ4v) is 2.04. The lowest BCUT2D eigenvalue weighted by Crippen LogP contribution is -2.44. The van der Waals surface area contributed by atoms with Gasteiger partial charge in [-0.1, -0.05) is 43.2 Å². The fraction of sp³-hybridized carbons (Fsp3) is 0.571. The normalized spacial score (nSPS) is 15.2. The molecule has 0 bridgehead atoms. The molecule has 2 heteroatoms. The van der Waals surface area contributed by atoms with E-state index in [1.807, 2.05) is 13.8 Å². The Morgan fingerprint density at radius 1 is 1.19 bits per heavy atom. The molecule has 3 N–H and O–H groups in total. The van der Waals surface area contributed by atoms with Crippen molar-refractivity contribution in [3.63, 3.8) is 0 Å². The number of benzene rings is 1. The summed E-state index contributed by atoms with van der Waals surface area (Å²) in [7, 11) is 0. The van der Waals surface area contributed by atoms with Crippen molar-refractivity contribution in [2.75, 3.05) is 6.54 Å². The van der Waals surface area contributed by atoms with Gasteiger partial charge in [0.25, 0.3) is 0 Å². The average Bonchev–Trinajstić information content (AvgIpc) is 2.15. The number of aliphatic hydroxyl groups is 1. The van der Waals surface area contributed by atoms with Crippen molar-refractivity contribution in [3.05, 3.63) is 34.9 Å². The number of hydrogen-bond donors (Lipinski definition) is 2. The first-order chi connectivity index (χ1) is 7.37. The van der Waals surface area contributed by atoms with E-state index in [-0.39, 0.29) is 5.92 Å². The maximum absolute atomic E-state index is 10.4. The zero-order chi connectivity index (χ0) is 12.3. The van der Waals surface area contributed by atoms with Crippen LogP contribution in [0.3, 0.4) is 0 Å². The average molecular weight is 221 g/mol. The molecule has 1 unspecified atom stereocenters. The van der Waals surface area contributed by atoms with E-state index in [1.54, 1.807) is 0 Å². The second-order valence-electron chi connectivity index (χ2n) is 5.14. The van der Waals surface area contributed by atoms with Crippen molar-refractivity contribution in [3.8, 4) is 0 Å². The summed E-state index contributed by atoms with van der Waals surface area (Å²) in [6.07, 6.45) is 0.629. The highest BCUT2D eigenvalue weighted by atomic mass is 16.3. The van der Waals surface area contributed by atoms with Crippen LogP contribution in [0.2, 0.25) is 0 Å². The zero-order valence-corrected chi connectivity index (χ0v) is 10.7. The van der Waals surface area contributed by atoms with Gasteiger partial charge in [-0.05, 0) is 25.3 Å². The Bertz CT molecular complexity index is 340. The molecule has 0 saturated heterocycles. The number of hydrogen-bond acceptors (Lipinski definition) is 2. The van der Waals surface area contributed by atoms with Gasteiger partial charge in [-0.25, -0.2) is 0 Å². The second-order valence-corrected chi connectivity index (χ2v) is 5.14. The van der Waals surface area contributed by atoms with Crippen LogP contribution in [0.25, 0.3) is 0 Å². The molecule has 90 valence electrons. The Hall–Kier alpha value is -0.860. The molecule has 0 aliphatic carbocycles. The third-order valence-corrected chi connectivity index (χ3v) is 3.22. The molecule has 1 rings (SSSR count). The summed E-state index contributed by atoms with van der Waals surface area (Å²) in [4.78, 5) is 0. The van der Waals surface area contributed by atoms with Gasteiger partial charge in [0, 0.05) is 13.0 Å². The van der Waals surface area contributed by atoms with E-state index in [0.717, 1.165) is 0 Å². The van der Waals surface area contributed by atoms with Gasteiger partial charge in [0.05, 0.1) is 5.60 Å². The molecule has 1 aromatic rings. The maximum Gasteiger partial charge on any atom is 0.0832 e. The van der Waals surface area contributed by atoms with E-state index < -0.39 is 5.60 Å². The molecule has 0 aromatic heterocycles. The van der Waals surface area contributed by atoms with Crippen LogP contribution in [0, 0.1) is 19.8 Å². The lowest BCUT2D eigenvalue weighted by atomic mass is 9.84. The highest BCUT2D eigenvalue weighted by Crippen LogP contribution is 2.22. The van der Waals surface area contributed by atoms with E-state index in [2.05, 4.69) is 32.0 Å².